The molecule has 0 aromatic heterocycles. The van der Waals surface area contributed by atoms with Gasteiger partial charge in [0.1, 0.15) is 0 Å². The molecule has 1 amide bonds. The average molecular weight is 276 g/mol. The zero-order chi connectivity index (χ0) is 14.5. The second-order valence-electron chi connectivity index (χ2n) is 4.44. The summed E-state index contributed by atoms with van der Waals surface area (Å²) in [5, 5.41) is 2.65. The molecule has 2 aromatic rings. The first-order chi connectivity index (χ1) is 9.54. The molecule has 0 aliphatic carbocycles. The van der Waals surface area contributed by atoms with E-state index in [0.717, 1.165) is 17.7 Å². The number of anilines is 1. The van der Waals surface area contributed by atoms with E-state index >= 15 is 0 Å². The monoisotopic (exact) mass is 276 g/mol. The highest BCUT2D eigenvalue weighted by Gasteiger charge is 2.05. The predicted octanol–water partition coefficient (Wildman–Crippen LogP) is 2.41. The molecule has 0 bridgehead atoms. The fourth-order valence-corrected chi connectivity index (χ4v) is 1.73. The minimum absolute atomic E-state index is 0.158. The molecular formula is C15H14F2N2O. The van der Waals surface area contributed by atoms with Crippen molar-refractivity contribution in [1.82, 2.24) is 5.32 Å². The van der Waals surface area contributed by atoms with Crippen LogP contribution in [0.25, 0.3) is 0 Å². The molecule has 0 aliphatic rings. The Kier molecular flexibility index (Phi) is 4.30. The van der Waals surface area contributed by atoms with Crippen molar-refractivity contribution in [3.8, 4) is 0 Å². The highest BCUT2D eigenvalue weighted by Crippen LogP contribution is 2.09. The molecule has 3 N–H and O–H groups in total. The van der Waals surface area contributed by atoms with Crippen LogP contribution in [0, 0.1) is 11.6 Å². The SMILES string of the molecule is Nc1ccc(CC(=O)NCc2ccc(F)c(F)c2)cc1. The summed E-state index contributed by atoms with van der Waals surface area (Å²) in [6, 6.07) is 10.5. The fourth-order valence-electron chi connectivity index (χ4n) is 1.73. The molecule has 0 saturated heterocycles. The maximum absolute atomic E-state index is 13.0. The lowest BCUT2D eigenvalue weighted by Crippen LogP contribution is -2.24. The van der Waals surface area contributed by atoms with Gasteiger partial charge in [0, 0.05) is 12.2 Å². The summed E-state index contributed by atoms with van der Waals surface area (Å²) in [5.74, 6) is -2.02. The number of nitrogens with two attached hydrogens (primary N) is 1. The van der Waals surface area contributed by atoms with Gasteiger partial charge in [-0.15, -0.1) is 0 Å². The van der Waals surface area contributed by atoms with Crippen LogP contribution in [0.2, 0.25) is 0 Å². The van der Waals surface area contributed by atoms with Gasteiger partial charge in [-0.1, -0.05) is 18.2 Å². The number of hydrogen-bond acceptors (Lipinski definition) is 2. The quantitative estimate of drug-likeness (QED) is 0.843. The molecule has 0 spiro atoms. The Bertz CT molecular complexity index is 612. The van der Waals surface area contributed by atoms with Gasteiger partial charge < -0.3 is 11.1 Å². The van der Waals surface area contributed by atoms with E-state index in [9.17, 15) is 13.6 Å². The maximum atomic E-state index is 13.0. The number of amides is 1. The van der Waals surface area contributed by atoms with E-state index in [1.54, 1.807) is 24.3 Å². The van der Waals surface area contributed by atoms with Gasteiger partial charge in [-0.25, -0.2) is 8.78 Å². The van der Waals surface area contributed by atoms with Crippen LogP contribution in [-0.2, 0) is 17.8 Å². The second kappa shape index (κ2) is 6.14. The van der Waals surface area contributed by atoms with E-state index in [4.69, 9.17) is 5.73 Å². The molecule has 104 valence electrons. The van der Waals surface area contributed by atoms with E-state index in [1.165, 1.54) is 6.07 Å². The fraction of sp³-hybridized carbons (Fsp3) is 0.133. The van der Waals surface area contributed by atoms with E-state index in [1.807, 2.05) is 0 Å². The number of rotatable bonds is 4. The Morgan fingerprint density at radius 2 is 1.65 bits per heavy atom. The minimum atomic E-state index is -0.921. The van der Waals surface area contributed by atoms with Gasteiger partial charge >= 0.3 is 0 Å². The number of benzene rings is 2. The predicted molar refractivity (Wildman–Crippen MR) is 72.8 cm³/mol. The number of nitrogen functional groups attached to an aromatic ring is 1. The van der Waals surface area contributed by atoms with Crippen molar-refractivity contribution in [2.45, 2.75) is 13.0 Å². The molecule has 3 nitrogen and oxygen atoms in total. The van der Waals surface area contributed by atoms with Crippen LogP contribution in [0.4, 0.5) is 14.5 Å². The van der Waals surface area contributed by atoms with Crippen molar-refractivity contribution in [1.29, 1.82) is 0 Å². The van der Waals surface area contributed by atoms with Gasteiger partial charge in [0.25, 0.3) is 0 Å². The van der Waals surface area contributed by atoms with Crippen molar-refractivity contribution in [2.75, 3.05) is 5.73 Å². The molecule has 0 aliphatic heterocycles. The Hall–Kier alpha value is -2.43. The van der Waals surface area contributed by atoms with Gasteiger partial charge in [-0.2, -0.15) is 0 Å². The summed E-state index contributed by atoms with van der Waals surface area (Å²) >= 11 is 0. The van der Waals surface area contributed by atoms with Crippen LogP contribution >= 0.6 is 0 Å². The summed E-state index contributed by atoms with van der Waals surface area (Å²) in [7, 11) is 0. The van der Waals surface area contributed by atoms with Crippen molar-refractivity contribution in [2.24, 2.45) is 0 Å². The summed E-state index contributed by atoms with van der Waals surface area (Å²) in [6.07, 6.45) is 0.212. The van der Waals surface area contributed by atoms with E-state index in [0.29, 0.717) is 11.3 Å². The third kappa shape index (κ3) is 3.78. The number of hydrogen-bond donors (Lipinski definition) is 2. The van der Waals surface area contributed by atoms with E-state index in [2.05, 4.69) is 5.32 Å². The molecule has 20 heavy (non-hydrogen) atoms. The van der Waals surface area contributed by atoms with E-state index in [-0.39, 0.29) is 18.9 Å². The van der Waals surface area contributed by atoms with Gasteiger partial charge in [-0.3, -0.25) is 4.79 Å². The van der Waals surface area contributed by atoms with Crippen molar-refractivity contribution < 1.29 is 13.6 Å². The normalized spacial score (nSPS) is 10.3. The summed E-state index contributed by atoms with van der Waals surface area (Å²) in [6.45, 7) is 0.158. The zero-order valence-electron chi connectivity index (χ0n) is 10.7. The molecule has 0 radical (unpaired) electrons. The van der Waals surface area contributed by atoms with Crippen LogP contribution in [0.15, 0.2) is 42.5 Å². The highest BCUT2D eigenvalue weighted by molar-refractivity contribution is 5.78. The van der Waals surface area contributed by atoms with Crippen LogP contribution < -0.4 is 11.1 Å². The van der Waals surface area contributed by atoms with Crippen molar-refractivity contribution >= 4 is 11.6 Å². The topological polar surface area (TPSA) is 55.1 Å². The van der Waals surface area contributed by atoms with Gasteiger partial charge in [0.2, 0.25) is 5.91 Å². The summed E-state index contributed by atoms with van der Waals surface area (Å²) in [4.78, 5) is 11.7. The first-order valence-electron chi connectivity index (χ1n) is 6.09. The molecule has 0 atom stereocenters. The second-order valence-corrected chi connectivity index (χ2v) is 4.44. The molecule has 0 saturated carbocycles. The lowest BCUT2D eigenvalue weighted by Gasteiger charge is -2.06. The minimum Gasteiger partial charge on any atom is -0.399 e. The molecule has 0 heterocycles. The lowest BCUT2D eigenvalue weighted by atomic mass is 10.1. The molecule has 0 fully saturated rings. The first-order valence-corrected chi connectivity index (χ1v) is 6.09. The summed E-state index contributed by atoms with van der Waals surface area (Å²) < 4.78 is 25.7. The molecule has 2 rings (SSSR count). The Labute approximate surface area is 115 Å². The highest BCUT2D eigenvalue weighted by atomic mass is 19.2. The van der Waals surface area contributed by atoms with Gasteiger partial charge in [0.05, 0.1) is 6.42 Å². The lowest BCUT2D eigenvalue weighted by molar-refractivity contribution is -0.120. The smallest absolute Gasteiger partial charge is 0.224 e. The first kappa shape index (κ1) is 14.0. The Morgan fingerprint density at radius 3 is 2.30 bits per heavy atom. The van der Waals surface area contributed by atoms with Crippen LogP contribution in [0.3, 0.4) is 0 Å². The van der Waals surface area contributed by atoms with Gasteiger partial charge in [0.15, 0.2) is 11.6 Å². The van der Waals surface area contributed by atoms with Crippen molar-refractivity contribution in [3.05, 3.63) is 65.2 Å². The molecule has 0 unspecified atom stereocenters. The largest absolute Gasteiger partial charge is 0.399 e. The average Bonchev–Trinajstić information content (AvgIpc) is 2.43. The maximum Gasteiger partial charge on any atom is 0.224 e. The Morgan fingerprint density at radius 1 is 1.00 bits per heavy atom. The van der Waals surface area contributed by atoms with Gasteiger partial charge in [-0.05, 0) is 35.4 Å². The van der Waals surface area contributed by atoms with Crippen LogP contribution in [-0.4, -0.2) is 5.91 Å². The standard InChI is InChI=1S/C15H14F2N2O/c16-13-6-3-11(7-14(13)17)9-19-15(20)8-10-1-4-12(18)5-2-10/h1-7H,8-9,18H2,(H,19,20). The number of nitrogens with one attached hydrogen (secondary N) is 1. The zero-order valence-corrected chi connectivity index (χ0v) is 10.7. The molecule has 2 aromatic carbocycles. The summed E-state index contributed by atoms with van der Waals surface area (Å²) in [5.41, 5.74) is 7.53. The van der Waals surface area contributed by atoms with Crippen molar-refractivity contribution in [3.63, 3.8) is 0 Å². The number of carbonyl (C=O) groups is 1. The Balaban J connectivity index is 1.88. The van der Waals surface area contributed by atoms with E-state index < -0.39 is 11.6 Å². The molecular weight excluding hydrogens is 262 g/mol. The number of carbonyl (C=O) groups excluding carboxylic acids is 1. The molecule has 5 heteroatoms. The third-order valence-electron chi connectivity index (χ3n) is 2.82. The number of halogens is 2. The third-order valence-corrected chi connectivity index (χ3v) is 2.82. The van der Waals surface area contributed by atoms with Crippen LogP contribution in [0.1, 0.15) is 11.1 Å². The van der Waals surface area contributed by atoms with Crippen LogP contribution in [0.5, 0.6) is 0 Å².